The number of ether oxygens (including phenoxy) is 1. The zero-order chi connectivity index (χ0) is 22.8. The minimum absolute atomic E-state index is 0.0926. The lowest BCUT2D eigenvalue weighted by molar-refractivity contribution is 0.0595. The van der Waals surface area contributed by atoms with Gasteiger partial charge < -0.3 is 4.74 Å². The van der Waals surface area contributed by atoms with Crippen LogP contribution in [0.15, 0.2) is 35.5 Å². The first-order valence-corrected chi connectivity index (χ1v) is 10.3. The number of urea groups is 1. The highest BCUT2D eigenvalue weighted by Crippen LogP contribution is 2.26. The number of aromatic amines is 1. The number of aryl methyl sites for hydroxylation is 3. The molecule has 162 valence electrons. The van der Waals surface area contributed by atoms with Crippen molar-refractivity contribution >= 4 is 33.8 Å². The zero-order valence-corrected chi connectivity index (χ0v) is 17.9. The Morgan fingerprint density at radius 1 is 1.13 bits per heavy atom. The van der Waals surface area contributed by atoms with E-state index in [1.165, 1.54) is 25.3 Å². The molecule has 3 heterocycles. The van der Waals surface area contributed by atoms with Gasteiger partial charge in [0.25, 0.3) is 10.0 Å². The minimum Gasteiger partial charge on any atom is -0.465 e. The van der Waals surface area contributed by atoms with Crippen LogP contribution in [-0.2, 0) is 14.8 Å². The van der Waals surface area contributed by atoms with Crippen LogP contribution in [0.2, 0.25) is 0 Å². The number of carbonyl (C=O) groups excluding carboxylic acids is 2. The second-order valence-corrected chi connectivity index (χ2v) is 8.08. The molecule has 0 saturated heterocycles. The van der Waals surface area contributed by atoms with Crippen molar-refractivity contribution in [1.29, 1.82) is 0 Å². The molecule has 0 atom stereocenters. The number of nitrogens with zero attached hydrogens (tertiary/aromatic N) is 5. The van der Waals surface area contributed by atoms with Gasteiger partial charge in [0.05, 0.1) is 7.11 Å². The number of esters is 1. The second kappa shape index (κ2) is 8.47. The van der Waals surface area contributed by atoms with Crippen LogP contribution in [0.25, 0.3) is 0 Å². The molecule has 13 heteroatoms. The Morgan fingerprint density at radius 2 is 1.81 bits per heavy atom. The Balaban J connectivity index is 2.12. The molecular weight excluding hydrogens is 426 g/mol. The summed E-state index contributed by atoms with van der Waals surface area (Å²) in [6.45, 7) is 4.85. The summed E-state index contributed by atoms with van der Waals surface area (Å²) in [6.07, 6.45) is 1.31. The van der Waals surface area contributed by atoms with Crippen LogP contribution in [0.5, 0.6) is 0 Å². The molecule has 3 aromatic rings. The third kappa shape index (κ3) is 4.35. The molecule has 0 aliphatic rings. The lowest BCUT2D eigenvalue weighted by Gasteiger charge is -2.21. The molecule has 0 aromatic carbocycles. The van der Waals surface area contributed by atoms with E-state index in [1.807, 2.05) is 0 Å². The number of aromatic nitrogens is 5. The summed E-state index contributed by atoms with van der Waals surface area (Å²) in [6, 6.07) is 4.95. The Labute approximate surface area is 177 Å². The number of H-pyrrole nitrogens is 1. The summed E-state index contributed by atoms with van der Waals surface area (Å²) >= 11 is 0. The Bertz CT molecular complexity index is 1220. The largest absolute Gasteiger partial charge is 0.465 e. The van der Waals surface area contributed by atoms with Gasteiger partial charge in [0, 0.05) is 23.3 Å². The average Bonchev–Trinajstić information content (AvgIpc) is 3.09. The number of hydrogen-bond acceptors (Lipinski definition) is 9. The second-order valence-electron chi connectivity index (χ2n) is 6.38. The number of amides is 2. The Hall–Kier alpha value is -3.87. The zero-order valence-electron chi connectivity index (χ0n) is 17.1. The molecule has 0 unspecified atom stereocenters. The number of methoxy groups -OCH3 is 1. The van der Waals surface area contributed by atoms with Crippen molar-refractivity contribution in [2.24, 2.45) is 0 Å². The van der Waals surface area contributed by atoms with Gasteiger partial charge in [-0.15, -0.1) is 0 Å². The van der Waals surface area contributed by atoms with Crippen LogP contribution in [0.1, 0.15) is 27.4 Å². The first-order chi connectivity index (χ1) is 14.6. The van der Waals surface area contributed by atoms with Crippen molar-refractivity contribution in [1.82, 2.24) is 25.1 Å². The van der Waals surface area contributed by atoms with Crippen LogP contribution in [0.4, 0.5) is 16.6 Å². The highest BCUT2D eigenvalue weighted by Gasteiger charge is 2.39. The van der Waals surface area contributed by atoms with E-state index in [0.29, 0.717) is 15.7 Å². The first kappa shape index (κ1) is 21.8. The fourth-order valence-corrected chi connectivity index (χ4v) is 4.21. The summed E-state index contributed by atoms with van der Waals surface area (Å²) < 4.78 is 31.9. The third-order valence-corrected chi connectivity index (χ3v) is 5.65. The van der Waals surface area contributed by atoms with Crippen molar-refractivity contribution in [3.63, 3.8) is 0 Å². The van der Waals surface area contributed by atoms with E-state index in [2.05, 4.69) is 35.2 Å². The number of rotatable bonds is 5. The lowest BCUT2D eigenvalue weighted by atomic mass is 10.3. The predicted molar refractivity (Wildman–Crippen MR) is 109 cm³/mol. The van der Waals surface area contributed by atoms with Crippen LogP contribution in [-0.4, -0.2) is 52.7 Å². The standard InChI is InChI=1S/C18H19N7O5S/c1-10-9-11(2)21-17(20-10)22-18(27)25(13-7-5-6-8-19-13)31(28,29)15-14(16(26)30-4)12(3)23-24-15/h5-9H,1-4H3,(H,23,24)(H,20,21,22,27). The highest BCUT2D eigenvalue weighted by atomic mass is 32.2. The molecule has 0 fully saturated rings. The van der Waals surface area contributed by atoms with Crippen LogP contribution in [0.3, 0.4) is 0 Å². The van der Waals surface area contributed by atoms with Gasteiger partial charge in [0.2, 0.25) is 11.0 Å². The SMILES string of the molecule is COC(=O)c1c(S(=O)(=O)N(C(=O)Nc2nc(C)cc(C)n2)c2ccccn2)n[nH]c1C. The third-order valence-electron chi connectivity index (χ3n) is 4.03. The van der Waals surface area contributed by atoms with E-state index in [0.717, 1.165) is 7.11 Å². The lowest BCUT2D eigenvalue weighted by Crippen LogP contribution is -2.41. The highest BCUT2D eigenvalue weighted by molar-refractivity contribution is 7.93. The Kier molecular flexibility index (Phi) is 5.97. The maximum absolute atomic E-state index is 13.4. The molecule has 0 aliphatic heterocycles. The molecule has 0 bridgehead atoms. The van der Waals surface area contributed by atoms with E-state index in [1.54, 1.807) is 26.0 Å². The fourth-order valence-electron chi connectivity index (χ4n) is 2.76. The summed E-state index contributed by atoms with van der Waals surface area (Å²) in [5, 5.41) is 7.84. The van der Waals surface area contributed by atoms with E-state index >= 15 is 0 Å². The number of pyridine rings is 1. The van der Waals surface area contributed by atoms with Crippen LogP contribution >= 0.6 is 0 Å². The molecule has 12 nitrogen and oxygen atoms in total. The van der Waals surface area contributed by atoms with Crippen LogP contribution < -0.4 is 9.62 Å². The van der Waals surface area contributed by atoms with E-state index in [-0.39, 0.29) is 23.0 Å². The maximum Gasteiger partial charge on any atom is 0.344 e. The predicted octanol–water partition coefficient (Wildman–Crippen LogP) is 1.73. The van der Waals surface area contributed by atoms with E-state index in [4.69, 9.17) is 0 Å². The molecule has 3 rings (SSSR count). The van der Waals surface area contributed by atoms with Crippen molar-refractivity contribution in [3.05, 3.63) is 53.1 Å². The molecule has 2 N–H and O–H groups in total. The van der Waals surface area contributed by atoms with Gasteiger partial charge in [0.15, 0.2) is 5.82 Å². The number of carbonyl (C=O) groups is 2. The number of hydrogen-bond donors (Lipinski definition) is 2. The van der Waals surface area contributed by atoms with Crippen molar-refractivity contribution in [2.45, 2.75) is 25.8 Å². The number of anilines is 2. The van der Waals surface area contributed by atoms with Gasteiger partial charge in [-0.05, 0) is 39.0 Å². The summed E-state index contributed by atoms with van der Waals surface area (Å²) in [7, 11) is -3.60. The summed E-state index contributed by atoms with van der Waals surface area (Å²) in [4.78, 5) is 37.4. The average molecular weight is 445 g/mol. The van der Waals surface area contributed by atoms with Crippen LogP contribution in [0, 0.1) is 20.8 Å². The quantitative estimate of drug-likeness (QED) is 0.557. The molecule has 0 saturated carbocycles. The smallest absolute Gasteiger partial charge is 0.344 e. The monoisotopic (exact) mass is 445 g/mol. The molecule has 31 heavy (non-hydrogen) atoms. The van der Waals surface area contributed by atoms with E-state index in [9.17, 15) is 18.0 Å². The van der Waals surface area contributed by atoms with Gasteiger partial charge in [-0.3, -0.25) is 10.4 Å². The summed E-state index contributed by atoms with van der Waals surface area (Å²) in [5.41, 5.74) is 0.986. The van der Waals surface area contributed by atoms with Gasteiger partial charge in [-0.2, -0.15) is 17.8 Å². The van der Waals surface area contributed by atoms with E-state index < -0.39 is 27.0 Å². The number of sulfonamides is 1. The molecule has 0 spiro atoms. The van der Waals surface area contributed by atoms with Gasteiger partial charge in [-0.1, -0.05) is 6.07 Å². The van der Waals surface area contributed by atoms with Gasteiger partial charge >= 0.3 is 12.0 Å². The van der Waals surface area contributed by atoms with Crippen molar-refractivity contribution < 1.29 is 22.7 Å². The molecule has 2 amide bonds. The summed E-state index contributed by atoms with van der Waals surface area (Å²) in [5.74, 6) is -1.24. The maximum atomic E-state index is 13.4. The molecular formula is C18H19N7O5S. The molecule has 3 aromatic heterocycles. The molecule has 0 aliphatic carbocycles. The minimum atomic E-state index is -4.70. The first-order valence-electron chi connectivity index (χ1n) is 8.88. The van der Waals surface area contributed by atoms with Crippen molar-refractivity contribution in [3.8, 4) is 0 Å². The Morgan fingerprint density at radius 3 is 2.39 bits per heavy atom. The van der Waals surface area contributed by atoms with Gasteiger partial charge in [0.1, 0.15) is 5.56 Å². The molecule has 0 radical (unpaired) electrons. The number of nitrogens with one attached hydrogen (secondary N) is 2. The van der Waals surface area contributed by atoms with Crippen molar-refractivity contribution in [2.75, 3.05) is 16.7 Å². The topological polar surface area (TPSA) is 160 Å². The fraction of sp³-hybridized carbons (Fsp3) is 0.222. The van der Waals surface area contributed by atoms with Gasteiger partial charge in [-0.25, -0.2) is 24.5 Å². The normalized spacial score (nSPS) is 11.1.